The normalized spacial score (nSPS) is 37.6. The van der Waals surface area contributed by atoms with Gasteiger partial charge in [-0.1, -0.05) is 51.3 Å². The van der Waals surface area contributed by atoms with E-state index in [1.54, 1.807) is 16.7 Å². The van der Waals surface area contributed by atoms with Crippen LogP contribution in [0.4, 0.5) is 5.69 Å². The molecule has 228 valence electrons. The highest BCUT2D eigenvalue weighted by atomic mass is 32.2. The smallest absolute Gasteiger partial charge is 0.246 e. The van der Waals surface area contributed by atoms with Crippen LogP contribution in [0.2, 0.25) is 0 Å². The highest BCUT2D eigenvalue weighted by Gasteiger charge is 2.72. The fraction of sp³-hybridized carbons (Fsp3) is 0.667. The van der Waals surface area contributed by atoms with E-state index in [4.69, 9.17) is 4.74 Å². The van der Waals surface area contributed by atoms with Crippen LogP contribution in [0, 0.1) is 23.7 Å². The molecule has 5 aliphatic rings. The summed E-state index contributed by atoms with van der Waals surface area (Å²) in [6, 6.07) is 7.44. The molecule has 1 aromatic rings. The first-order valence-electron chi connectivity index (χ1n) is 15.9. The number of nitrogens with zero attached hydrogens (tertiary/aromatic N) is 2. The third-order valence-electron chi connectivity index (χ3n) is 10.9. The highest BCUT2D eigenvalue weighted by Crippen LogP contribution is 2.55. The monoisotopic (exact) mass is 594 g/mol. The number of fused-ring (bicyclic) bond motifs is 1. The third kappa shape index (κ3) is 5.19. The Morgan fingerprint density at radius 3 is 2.69 bits per heavy atom. The van der Waals surface area contributed by atoms with Gasteiger partial charge in [-0.05, 0) is 69.0 Å². The quantitative estimate of drug-likeness (QED) is 0.344. The summed E-state index contributed by atoms with van der Waals surface area (Å²) in [5, 5.41) is 6.41. The molecule has 2 bridgehead atoms. The van der Waals surface area contributed by atoms with Crippen LogP contribution < -0.4 is 10.6 Å². The van der Waals surface area contributed by atoms with Gasteiger partial charge in [0.05, 0.1) is 17.9 Å². The van der Waals surface area contributed by atoms with Crippen molar-refractivity contribution >= 4 is 35.2 Å². The van der Waals surface area contributed by atoms with Crippen molar-refractivity contribution in [1.82, 2.24) is 15.1 Å². The second kappa shape index (κ2) is 12.0. The van der Waals surface area contributed by atoms with Gasteiger partial charge in [0.25, 0.3) is 0 Å². The molecule has 6 rings (SSSR count). The average Bonchev–Trinajstić information content (AvgIpc) is 3.62. The van der Waals surface area contributed by atoms with Crippen molar-refractivity contribution in [3.8, 4) is 0 Å². The number of hydrogen-bond donors (Lipinski definition) is 2. The number of carbonyl (C=O) groups excluding carboxylic acids is 3. The van der Waals surface area contributed by atoms with E-state index in [0.717, 1.165) is 37.1 Å². The molecule has 9 unspecified atom stereocenters. The molecule has 8 nitrogen and oxygen atoms in total. The Morgan fingerprint density at radius 1 is 1.07 bits per heavy atom. The maximum Gasteiger partial charge on any atom is 0.246 e. The predicted molar refractivity (Wildman–Crippen MR) is 165 cm³/mol. The molecule has 4 heterocycles. The summed E-state index contributed by atoms with van der Waals surface area (Å²) in [7, 11) is 0. The molecule has 0 aromatic heterocycles. The van der Waals surface area contributed by atoms with Crippen LogP contribution in [0.25, 0.3) is 0 Å². The highest BCUT2D eigenvalue weighted by molar-refractivity contribution is 7.98. The lowest BCUT2D eigenvalue weighted by Crippen LogP contribution is -2.58. The van der Waals surface area contributed by atoms with Gasteiger partial charge in [-0.15, -0.1) is 11.8 Å². The number of amides is 3. The molecule has 4 aliphatic heterocycles. The van der Waals surface area contributed by atoms with Gasteiger partial charge in [-0.25, -0.2) is 0 Å². The van der Waals surface area contributed by atoms with Crippen LogP contribution in [0.3, 0.4) is 0 Å². The fourth-order valence-electron chi connectivity index (χ4n) is 8.21. The Morgan fingerprint density at radius 2 is 1.90 bits per heavy atom. The van der Waals surface area contributed by atoms with Gasteiger partial charge in [0, 0.05) is 35.8 Å². The summed E-state index contributed by atoms with van der Waals surface area (Å²) in [4.78, 5) is 47.6. The van der Waals surface area contributed by atoms with Crippen molar-refractivity contribution in [3.05, 3.63) is 36.4 Å². The van der Waals surface area contributed by atoms with Crippen molar-refractivity contribution in [2.24, 2.45) is 23.7 Å². The van der Waals surface area contributed by atoms with Crippen molar-refractivity contribution < 1.29 is 19.1 Å². The Balaban J connectivity index is 1.28. The average molecular weight is 595 g/mol. The van der Waals surface area contributed by atoms with Gasteiger partial charge in [0.1, 0.15) is 11.6 Å². The van der Waals surface area contributed by atoms with Crippen LogP contribution in [0.1, 0.15) is 59.3 Å². The zero-order chi connectivity index (χ0) is 29.6. The van der Waals surface area contributed by atoms with Crippen LogP contribution >= 0.6 is 11.8 Å². The second-order valence-electron chi connectivity index (χ2n) is 13.2. The molecule has 0 radical (unpaired) electrons. The summed E-state index contributed by atoms with van der Waals surface area (Å²) >= 11 is 1.61. The Bertz CT molecular complexity index is 1240. The number of anilines is 1. The number of nitrogens with one attached hydrogen (secondary N) is 2. The van der Waals surface area contributed by atoms with Gasteiger partial charge >= 0.3 is 0 Å². The van der Waals surface area contributed by atoms with E-state index in [2.05, 4.69) is 36.3 Å². The number of rotatable bonds is 8. The number of likely N-dealkylation sites (tertiary alicyclic amines) is 2. The number of piperidine rings is 1. The van der Waals surface area contributed by atoms with E-state index in [-0.39, 0.29) is 23.8 Å². The van der Waals surface area contributed by atoms with E-state index in [0.29, 0.717) is 36.7 Å². The minimum Gasteiger partial charge on any atom is -0.359 e. The Kier molecular flexibility index (Phi) is 8.46. The lowest BCUT2D eigenvalue weighted by atomic mass is 9.73. The van der Waals surface area contributed by atoms with Crippen molar-refractivity contribution in [3.63, 3.8) is 0 Å². The van der Waals surface area contributed by atoms with Crippen LogP contribution in [-0.2, 0) is 19.1 Å². The largest absolute Gasteiger partial charge is 0.359 e. The summed E-state index contributed by atoms with van der Waals surface area (Å²) in [6.07, 6.45) is 12.0. The molecule has 9 heteroatoms. The maximum atomic E-state index is 14.3. The number of carbonyl (C=O) groups is 3. The summed E-state index contributed by atoms with van der Waals surface area (Å²) in [5.41, 5.74) is -0.435. The van der Waals surface area contributed by atoms with E-state index in [9.17, 15) is 14.4 Å². The molecule has 3 amide bonds. The number of ether oxygens (including phenoxy) is 1. The van der Waals surface area contributed by atoms with E-state index >= 15 is 0 Å². The van der Waals surface area contributed by atoms with Gasteiger partial charge < -0.3 is 20.3 Å². The Labute approximate surface area is 254 Å². The van der Waals surface area contributed by atoms with E-state index in [1.165, 1.54) is 12.8 Å². The first kappa shape index (κ1) is 29.7. The molecule has 2 N–H and O–H groups in total. The first-order valence-corrected chi connectivity index (χ1v) is 17.1. The zero-order valence-electron chi connectivity index (χ0n) is 25.4. The van der Waals surface area contributed by atoms with Gasteiger partial charge in [0.15, 0.2) is 0 Å². The number of hydrogen-bond acceptors (Lipinski definition) is 6. The molecule has 9 atom stereocenters. The molecule has 42 heavy (non-hydrogen) atoms. The van der Waals surface area contributed by atoms with E-state index < -0.39 is 29.6 Å². The standard InChI is InChI=1S/C33H46N4O4S/c1-20-9-7-13-25(22(20)3)35-31(39)29-33-15-14-26(41-33)27(30(38)34-23-11-8-12-24(19-23)42-4)28(33)32(40)37(29)18-17-36-16-6-5-10-21(36)2/h8,11-12,14-15,19-22,25-29H,5-7,9-10,13,16-18H2,1-4H3,(H,34,38)(H,35,39). The summed E-state index contributed by atoms with van der Waals surface area (Å²) in [5.74, 6) is -1.05. The molecule has 3 saturated heterocycles. The lowest BCUT2D eigenvalue weighted by Gasteiger charge is -2.39. The molecular formula is C33H46N4O4S. The van der Waals surface area contributed by atoms with Gasteiger partial charge in [0.2, 0.25) is 17.7 Å². The zero-order valence-corrected chi connectivity index (χ0v) is 26.2. The summed E-state index contributed by atoms with van der Waals surface area (Å²) in [6.45, 7) is 8.88. The molecule has 1 aliphatic carbocycles. The minimum atomic E-state index is -1.13. The maximum absolute atomic E-state index is 14.3. The molecule has 4 fully saturated rings. The lowest BCUT2D eigenvalue weighted by molar-refractivity contribution is -0.142. The molecular weight excluding hydrogens is 548 g/mol. The van der Waals surface area contributed by atoms with E-state index in [1.807, 2.05) is 42.7 Å². The fourth-order valence-corrected chi connectivity index (χ4v) is 8.67. The van der Waals surface area contributed by atoms with Crippen LogP contribution in [0.15, 0.2) is 41.3 Å². The molecule has 1 saturated carbocycles. The molecule has 1 spiro atoms. The number of thioether (sulfide) groups is 1. The Hall–Kier alpha value is -2.36. The van der Waals surface area contributed by atoms with Gasteiger partial charge in [-0.2, -0.15) is 0 Å². The van der Waals surface area contributed by atoms with Gasteiger partial charge in [-0.3, -0.25) is 19.3 Å². The minimum absolute atomic E-state index is 0.0705. The van der Waals surface area contributed by atoms with Crippen molar-refractivity contribution in [2.75, 3.05) is 31.2 Å². The third-order valence-corrected chi connectivity index (χ3v) is 11.6. The van der Waals surface area contributed by atoms with Crippen LogP contribution in [0.5, 0.6) is 0 Å². The predicted octanol–water partition coefficient (Wildman–Crippen LogP) is 4.31. The number of benzene rings is 1. The SMILES string of the molecule is CSc1cccc(NC(=O)C2C3C=CC4(O3)C2C(=O)N(CCN2CCCCC2C)C4C(=O)NC2CCCC(C)C2C)c1. The first-order chi connectivity index (χ1) is 20.2. The topological polar surface area (TPSA) is 91.0 Å². The second-order valence-corrected chi connectivity index (χ2v) is 14.1. The summed E-state index contributed by atoms with van der Waals surface area (Å²) < 4.78 is 6.57. The van der Waals surface area contributed by atoms with Crippen molar-refractivity contribution in [2.45, 2.75) is 94.0 Å². The van der Waals surface area contributed by atoms with Crippen molar-refractivity contribution in [1.29, 1.82) is 0 Å². The van der Waals surface area contributed by atoms with Crippen LogP contribution in [-0.4, -0.2) is 83.2 Å². The molecule has 1 aromatic carbocycles.